The highest BCUT2D eigenvalue weighted by Gasteiger charge is 2.05. The number of hydrogen-bond donors (Lipinski definition) is 0. The zero-order valence-corrected chi connectivity index (χ0v) is 6.88. The molecular formula is C8H10N2O. The average Bonchev–Trinajstić information content (AvgIpc) is 1.94. The van der Waals surface area contributed by atoms with Gasteiger partial charge in [0.15, 0.2) is 5.78 Å². The molecule has 0 bridgehead atoms. The third-order valence-corrected chi connectivity index (χ3v) is 1.41. The van der Waals surface area contributed by atoms with Crippen molar-refractivity contribution in [3.63, 3.8) is 0 Å². The normalized spacial score (nSPS) is 9.73. The summed E-state index contributed by atoms with van der Waals surface area (Å²) in [7, 11) is 0. The highest BCUT2D eigenvalue weighted by Crippen LogP contribution is 2.02. The summed E-state index contributed by atoms with van der Waals surface area (Å²) in [5.41, 5.74) is 1.95. The summed E-state index contributed by atoms with van der Waals surface area (Å²) in [4.78, 5) is 19.0. The molecule has 1 rings (SSSR count). The summed E-state index contributed by atoms with van der Waals surface area (Å²) >= 11 is 0. The second kappa shape index (κ2) is 2.78. The fraction of sp³-hybridized carbons (Fsp3) is 0.375. The van der Waals surface area contributed by atoms with Crippen LogP contribution < -0.4 is 0 Å². The van der Waals surface area contributed by atoms with Crippen LogP contribution in [0.1, 0.15) is 28.8 Å². The quantitative estimate of drug-likeness (QED) is 0.566. The topological polar surface area (TPSA) is 42.9 Å². The molecule has 0 N–H and O–H groups in total. The van der Waals surface area contributed by atoms with Gasteiger partial charge in [-0.3, -0.25) is 9.78 Å². The Hall–Kier alpha value is -1.25. The summed E-state index contributed by atoms with van der Waals surface area (Å²) in [6, 6.07) is 0. The van der Waals surface area contributed by atoms with Crippen molar-refractivity contribution < 1.29 is 4.79 Å². The molecule has 0 spiro atoms. The minimum atomic E-state index is -0.0290. The molecule has 0 aromatic carbocycles. The number of rotatable bonds is 1. The van der Waals surface area contributed by atoms with Crippen molar-refractivity contribution >= 4 is 5.78 Å². The van der Waals surface area contributed by atoms with Gasteiger partial charge >= 0.3 is 0 Å². The Kier molecular flexibility index (Phi) is 1.98. The first-order valence-corrected chi connectivity index (χ1v) is 3.42. The Bertz CT molecular complexity index is 294. The van der Waals surface area contributed by atoms with Crippen molar-refractivity contribution in [2.45, 2.75) is 20.8 Å². The lowest BCUT2D eigenvalue weighted by molar-refractivity contribution is 0.101. The highest BCUT2D eigenvalue weighted by molar-refractivity contribution is 5.93. The van der Waals surface area contributed by atoms with Crippen LogP contribution in [0.3, 0.4) is 0 Å². The Balaban J connectivity index is 3.23. The molecule has 3 nitrogen and oxygen atoms in total. The van der Waals surface area contributed by atoms with Crippen LogP contribution in [0.25, 0.3) is 0 Å². The zero-order valence-electron chi connectivity index (χ0n) is 6.88. The number of carbonyl (C=O) groups is 1. The minimum Gasteiger partial charge on any atom is -0.293 e. The maximum atomic E-state index is 10.9. The molecule has 0 radical (unpaired) electrons. The zero-order chi connectivity index (χ0) is 8.43. The van der Waals surface area contributed by atoms with Gasteiger partial charge in [-0.1, -0.05) is 0 Å². The van der Waals surface area contributed by atoms with E-state index in [1.807, 2.05) is 6.92 Å². The summed E-state index contributed by atoms with van der Waals surface area (Å²) < 4.78 is 0. The van der Waals surface area contributed by atoms with Gasteiger partial charge < -0.3 is 0 Å². The van der Waals surface area contributed by atoms with E-state index in [0.717, 1.165) is 5.69 Å². The minimum absolute atomic E-state index is 0.0290. The Morgan fingerprint density at radius 3 is 2.55 bits per heavy atom. The SMILES string of the molecule is CC(=O)c1nc(C)cnc1C. The van der Waals surface area contributed by atoms with Gasteiger partial charge in [-0.05, 0) is 13.8 Å². The van der Waals surface area contributed by atoms with E-state index in [9.17, 15) is 4.79 Å². The van der Waals surface area contributed by atoms with E-state index in [0.29, 0.717) is 11.4 Å². The van der Waals surface area contributed by atoms with Crippen LogP contribution >= 0.6 is 0 Å². The maximum absolute atomic E-state index is 10.9. The fourth-order valence-corrected chi connectivity index (χ4v) is 0.871. The Morgan fingerprint density at radius 1 is 1.45 bits per heavy atom. The van der Waals surface area contributed by atoms with E-state index < -0.39 is 0 Å². The molecule has 11 heavy (non-hydrogen) atoms. The first-order chi connectivity index (χ1) is 5.11. The van der Waals surface area contributed by atoms with E-state index >= 15 is 0 Å². The molecule has 0 saturated heterocycles. The van der Waals surface area contributed by atoms with Crippen LogP contribution in [0.4, 0.5) is 0 Å². The van der Waals surface area contributed by atoms with Crippen LogP contribution in [0.2, 0.25) is 0 Å². The highest BCUT2D eigenvalue weighted by atomic mass is 16.1. The predicted octanol–water partition coefficient (Wildman–Crippen LogP) is 1.30. The number of hydrogen-bond acceptors (Lipinski definition) is 3. The summed E-state index contributed by atoms with van der Waals surface area (Å²) in [6.45, 7) is 5.10. The fourth-order valence-electron chi connectivity index (χ4n) is 0.871. The maximum Gasteiger partial charge on any atom is 0.179 e. The molecule has 0 amide bonds. The number of aromatic nitrogens is 2. The van der Waals surface area contributed by atoms with Crippen molar-refractivity contribution in [2.75, 3.05) is 0 Å². The summed E-state index contributed by atoms with van der Waals surface area (Å²) in [5, 5.41) is 0. The second-order valence-electron chi connectivity index (χ2n) is 2.50. The molecule has 0 atom stereocenters. The monoisotopic (exact) mass is 150 g/mol. The summed E-state index contributed by atoms with van der Waals surface area (Å²) in [6.07, 6.45) is 1.65. The van der Waals surface area contributed by atoms with Crippen molar-refractivity contribution in [1.29, 1.82) is 0 Å². The van der Waals surface area contributed by atoms with Crippen molar-refractivity contribution in [3.8, 4) is 0 Å². The van der Waals surface area contributed by atoms with E-state index in [4.69, 9.17) is 0 Å². The number of nitrogens with zero attached hydrogens (tertiary/aromatic N) is 2. The lowest BCUT2D eigenvalue weighted by atomic mass is 10.2. The van der Waals surface area contributed by atoms with Crippen molar-refractivity contribution in [2.24, 2.45) is 0 Å². The molecule has 0 aliphatic carbocycles. The smallest absolute Gasteiger partial charge is 0.179 e. The van der Waals surface area contributed by atoms with Crippen LogP contribution in [0.5, 0.6) is 0 Å². The molecule has 1 heterocycles. The number of carbonyl (C=O) groups excluding carboxylic acids is 1. The third-order valence-electron chi connectivity index (χ3n) is 1.41. The van der Waals surface area contributed by atoms with Crippen LogP contribution in [-0.4, -0.2) is 15.8 Å². The molecule has 1 aromatic heterocycles. The van der Waals surface area contributed by atoms with Gasteiger partial charge in [0, 0.05) is 13.1 Å². The van der Waals surface area contributed by atoms with Crippen LogP contribution in [0.15, 0.2) is 6.20 Å². The van der Waals surface area contributed by atoms with Gasteiger partial charge in [0.2, 0.25) is 0 Å². The average molecular weight is 150 g/mol. The van der Waals surface area contributed by atoms with Crippen molar-refractivity contribution in [3.05, 3.63) is 23.3 Å². The lowest BCUT2D eigenvalue weighted by Crippen LogP contribution is -2.03. The van der Waals surface area contributed by atoms with E-state index in [2.05, 4.69) is 9.97 Å². The Morgan fingerprint density at radius 2 is 2.09 bits per heavy atom. The van der Waals surface area contributed by atoms with Crippen LogP contribution in [0, 0.1) is 13.8 Å². The molecule has 0 unspecified atom stereocenters. The molecule has 1 aromatic rings. The van der Waals surface area contributed by atoms with Gasteiger partial charge in [-0.2, -0.15) is 0 Å². The van der Waals surface area contributed by atoms with Crippen LogP contribution in [-0.2, 0) is 0 Å². The van der Waals surface area contributed by atoms with E-state index in [-0.39, 0.29) is 5.78 Å². The molecule has 3 heteroatoms. The number of aryl methyl sites for hydroxylation is 2. The van der Waals surface area contributed by atoms with Gasteiger partial charge in [-0.15, -0.1) is 0 Å². The molecule has 0 aliphatic heterocycles. The number of ketones is 1. The molecule has 0 fully saturated rings. The standard InChI is InChI=1S/C8H10N2O/c1-5-4-9-6(2)8(10-5)7(3)11/h4H,1-3H3. The van der Waals surface area contributed by atoms with Crippen molar-refractivity contribution in [1.82, 2.24) is 9.97 Å². The molecular weight excluding hydrogens is 140 g/mol. The molecule has 0 aliphatic rings. The van der Waals surface area contributed by atoms with Gasteiger partial charge in [0.05, 0.1) is 11.4 Å². The van der Waals surface area contributed by atoms with E-state index in [1.54, 1.807) is 13.1 Å². The first-order valence-electron chi connectivity index (χ1n) is 3.42. The lowest BCUT2D eigenvalue weighted by Gasteiger charge is -1.99. The Labute approximate surface area is 65.5 Å². The predicted molar refractivity (Wildman–Crippen MR) is 41.5 cm³/mol. The summed E-state index contributed by atoms with van der Waals surface area (Å²) in [5.74, 6) is -0.0290. The van der Waals surface area contributed by atoms with Gasteiger partial charge in [-0.25, -0.2) is 4.98 Å². The first kappa shape index (κ1) is 7.85. The molecule has 58 valence electrons. The van der Waals surface area contributed by atoms with E-state index in [1.165, 1.54) is 6.92 Å². The third kappa shape index (κ3) is 1.61. The second-order valence-corrected chi connectivity index (χ2v) is 2.50. The number of Topliss-reactive ketones (excluding diaryl/α,β-unsaturated/α-hetero) is 1. The van der Waals surface area contributed by atoms with Gasteiger partial charge in [0.25, 0.3) is 0 Å². The van der Waals surface area contributed by atoms with Gasteiger partial charge in [0.1, 0.15) is 5.69 Å². The largest absolute Gasteiger partial charge is 0.293 e. The molecule has 0 saturated carbocycles.